The maximum atomic E-state index is 10.0. The van der Waals surface area contributed by atoms with Crippen molar-refractivity contribution in [2.24, 2.45) is 5.92 Å². The van der Waals surface area contributed by atoms with E-state index in [9.17, 15) is 5.11 Å². The molecule has 0 saturated heterocycles. The van der Waals surface area contributed by atoms with Crippen molar-refractivity contribution in [2.75, 3.05) is 0 Å². The van der Waals surface area contributed by atoms with E-state index in [0.29, 0.717) is 5.75 Å². The molecular formula is C22H38O. The standard InChI is InChI=1S/C22H38O/c1-18(2)13-11-9-7-6-8-10-12-14-19-15-16-21(23)20(17-19)22(3,4)5/h15-18,23H,6-14H2,1-5H3. The summed E-state index contributed by atoms with van der Waals surface area (Å²) in [6, 6.07) is 6.14. The number of hydrogen-bond donors (Lipinski definition) is 1. The van der Waals surface area contributed by atoms with Crippen LogP contribution in [0.15, 0.2) is 18.2 Å². The van der Waals surface area contributed by atoms with Gasteiger partial charge >= 0.3 is 0 Å². The number of hydrogen-bond acceptors (Lipinski definition) is 1. The molecular weight excluding hydrogens is 280 g/mol. The first-order valence-electron chi connectivity index (χ1n) is 9.63. The van der Waals surface area contributed by atoms with Crippen LogP contribution in [0.25, 0.3) is 0 Å². The molecule has 1 aromatic rings. The molecule has 0 unspecified atom stereocenters. The molecule has 0 aromatic heterocycles. The van der Waals surface area contributed by atoms with Crippen molar-refractivity contribution >= 4 is 0 Å². The van der Waals surface area contributed by atoms with Crippen molar-refractivity contribution in [3.8, 4) is 5.75 Å². The monoisotopic (exact) mass is 318 g/mol. The Balaban J connectivity index is 2.19. The number of unbranched alkanes of at least 4 members (excludes halogenated alkanes) is 6. The molecule has 0 aliphatic rings. The van der Waals surface area contributed by atoms with Crippen molar-refractivity contribution in [3.05, 3.63) is 29.3 Å². The van der Waals surface area contributed by atoms with E-state index in [-0.39, 0.29) is 5.41 Å². The predicted molar refractivity (Wildman–Crippen MR) is 102 cm³/mol. The van der Waals surface area contributed by atoms with E-state index in [0.717, 1.165) is 17.9 Å². The Hall–Kier alpha value is -0.980. The van der Waals surface area contributed by atoms with Crippen LogP contribution in [0, 0.1) is 5.92 Å². The molecule has 0 spiro atoms. The Bertz CT molecular complexity index is 440. The average Bonchev–Trinajstić information content (AvgIpc) is 2.45. The third kappa shape index (κ3) is 8.44. The summed E-state index contributed by atoms with van der Waals surface area (Å²) in [4.78, 5) is 0. The second kappa shape index (κ2) is 10.0. The lowest BCUT2D eigenvalue weighted by Gasteiger charge is -2.21. The van der Waals surface area contributed by atoms with E-state index in [1.807, 2.05) is 6.07 Å². The number of phenols is 1. The molecule has 0 aliphatic heterocycles. The van der Waals surface area contributed by atoms with Crippen molar-refractivity contribution in [3.63, 3.8) is 0 Å². The van der Waals surface area contributed by atoms with E-state index in [1.165, 1.54) is 56.9 Å². The highest BCUT2D eigenvalue weighted by molar-refractivity contribution is 5.40. The Morgan fingerprint density at radius 1 is 0.870 bits per heavy atom. The molecule has 0 bridgehead atoms. The second-order valence-electron chi connectivity index (χ2n) is 8.51. The smallest absolute Gasteiger partial charge is 0.119 e. The summed E-state index contributed by atoms with van der Waals surface area (Å²) in [5.74, 6) is 1.29. The summed E-state index contributed by atoms with van der Waals surface area (Å²) >= 11 is 0. The minimum atomic E-state index is 0.01000. The van der Waals surface area contributed by atoms with Crippen LogP contribution >= 0.6 is 0 Å². The zero-order chi connectivity index (χ0) is 17.3. The zero-order valence-corrected chi connectivity index (χ0v) is 16.1. The minimum absolute atomic E-state index is 0.01000. The van der Waals surface area contributed by atoms with Gasteiger partial charge in [0.1, 0.15) is 5.75 Å². The maximum absolute atomic E-state index is 10.0. The van der Waals surface area contributed by atoms with Gasteiger partial charge in [-0.3, -0.25) is 0 Å². The van der Waals surface area contributed by atoms with E-state index >= 15 is 0 Å². The normalized spacial score (nSPS) is 12.1. The summed E-state index contributed by atoms with van der Waals surface area (Å²) in [5.41, 5.74) is 2.45. The van der Waals surface area contributed by atoms with E-state index in [2.05, 4.69) is 46.8 Å². The summed E-state index contributed by atoms with van der Waals surface area (Å²) in [6.07, 6.45) is 12.1. The van der Waals surface area contributed by atoms with E-state index in [1.54, 1.807) is 0 Å². The molecule has 23 heavy (non-hydrogen) atoms. The third-order valence-electron chi connectivity index (χ3n) is 4.62. The quantitative estimate of drug-likeness (QED) is 0.460. The molecule has 0 saturated carbocycles. The first-order chi connectivity index (χ1) is 10.8. The molecule has 1 rings (SSSR count). The van der Waals surface area contributed by atoms with Gasteiger partial charge in [-0.1, -0.05) is 91.7 Å². The summed E-state index contributed by atoms with van der Waals surface area (Å²) in [7, 11) is 0. The fourth-order valence-corrected chi connectivity index (χ4v) is 3.11. The van der Waals surface area contributed by atoms with Gasteiger partial charge in [0.05, 0.1) is 0 Å². The van der Waals surface area contributed by atoms with Crippen molar-refractivity contribution in [1.29, 1.82) is 0 Å². The van der Waals surface area contributed by atoms with Gasteiger partial charge in [0, 0.05) is 0 Å². The molecule has 0 atom stereocenters. The Labute approximate surface area is 144 Å². The fraction of sp³-hybridized carbons (Fsp3) is 0.727. The van der Waals surface area contributed by atoms with Crippen molar-refractivity contribution < 1.29 is 5.11 Å². The molecule has 0 amide bonds. The molecule has 0 radical (unpaired) electrons. The lowest BCUT2D eigenvalue weighted by molar-refractivity contribution is 0.446. The maximum Gasteiger partial charge on any atom is 0.119 e. The molecule has 1 aromatic carbocycles. The number of phenolic OH excluding ortho intramolecular Hbond substituents is 1. The van der Waals surface area contributed by atoms with Gasteiger partial charge in [-0.25, -0.2) is 0 Å². The Morgan fingerprint density at radius 2 is 1.43 bits per heavy atom. The zero-order valence-electron chi connectivity index (χ0n) is 16.1. The molecule has 0 fully saturated rings. The lowest BCUT2D eigenvalue weighted by atomic mass is 9.85. The molecule has 1 heteroatoms. The predicted octanol–water partition coefficient (Wildman–Crippen LogP) is 7.01. The van der Waals surface area contributed by atoms with Crippen LogP contribution in [0.4, 0.5) is 0 Å². The number of aryl methyl sites for hydroxylation is 1. The molecule has 1 nitrogen and oxygen atoms in total. The second-order valence-corrected chi connectivity index (χ2v) is 8.51. The average molecular weight is 319 g/mol. The molecule has 0 heterocycles. The van der Waals surface area contributed by atoms with Crippen LogP contribution in [-0.4, -0.2) is 5.11 Å². The van der Waals surface area contributed by atoms with E-state index in [4.69, 9.17) is 0 Å². The van der Waals surface area contributed by atoms with Gasteiger partial charge in [0.2, 0.25) is 0 Å². The van der Waals surface area contributed by atoms with Gasteiger partial charge in [0.25, 0.3) is 0 Å². The van der Waals surface area contributed by atoms with Gasteiger partial charge < -0.3 is 5.11 Å². The molecule has 132 valence electrons. The number of rotatable bonds is 10. The van der Waals surface area contributed by atoms with Gasteiger partial charge in [-0.15, -0.1) is 0 Å². The topological polar surface area (TPSA) is 20.2 Å². The fourth-order valence-electron chi connectivity index (χ4n) is 3.11. The van der Waals surface area contributed by atoms with Crippen molar-refractivity contribution in [1.82, 2.24) is 0 Å². The highest BCUT2D eigenvalue weighted by Gasteiger charge is 2.18. The van der Waals surface area contributed by atoms with Gasteiger partial charge in [-0.2, -0.15) is 0 Å². The number of benzene rings is 1. The minimum Gasteiger partial charge on any atom is -0.508 e. The molecule has 0 aliphatic carbocycles. The summed E-state index contributed by atoms with van der Waals surface area (Å²) < 4.78 is 0. The Kier molecular flexibility index (Phi) is 8.73. The SMILES string of the molecule is CC(C)CCCCCCCCCc1ccc(O)c(C(C)(C)C)c1. The van der Waals surface area contributed by atoms with Crippen LogP contribution in [-0.2, 0) is 11.8 Å². The first kappa shape index (κ1) is 20.1. The van der Waals surface area contributed by atoms with Crippen LogP contribution in [0.2, 0.25) is 0 Å². The molecule has 1 N–H and O–H groups in total. The largest absolute Gasteiger partial charge is 0.508 e. The summed E-state index contributed by atoms with van der Waals surface area (Å²) in [5, 5.41) is 10.0. The van der Waals surface area contributed by atoms with Crippen LogP contribution in [0.5, 0.6) is 5.75 Å². The van der Waals surface area contributed by atoms with Crippen LogP contribution in [0.3, 0.4) is 0 Å². The van der Waals surface area contributed by atoms with E-state index < -0.39 is 0 Å². The third-order valence-corrected chi connectivity index (χ3v) is 4.62. The summed E-state index contributed by atoms with van der Waals surface area (Å²) in [6.45, 7) is 11.1. The van der Waals surface area contributed by atoms with Gasteiger partial charge in [-0.05, 0) is 41.4 Å². The van der Waals surface area contributed by atoms with Crippen molar-refractivity contribution in [2.45, 2.75) is 97.8 Å². The highest BCUT2D eigenvalue weighted by Crippen LogP contribution is 2.31. The highest BCUT2D eigenvalue weighted by atomic mass is 16.3. The number of aromatic hydroxyl groups is 1. The Morgan fingerprint density at radius 3 is 2.00 bits per heavy atom. The van der Waals surface area contributed by atoms with Crippen LogP contribution in [0.1, 0.15) is 97.1 Å². The first-order valence-corrected chi connectivity index (χ1v) is 9.63. The van der Waals surface area contributed by atoms with Gasteiger partial charge in [0.15, 0.2) is 0 Å². The van der Waals surface area contributed by atoms with Crippen LogP contribution < -0.4 is 0 Å². The lowest BCUT2D eigenvalue weighted by Crippen LogP contribution is -2.11.